The quantitative estimate of drug-likeness (QED) is 0.433. The normalized spacial score (nSPS) is 11.6. The maximum absolute atomic E-state index is 12.7. The van der Waals surface area contributed by atoms with Crippen LogP contribution in [-0.2, 0) is 17.4 Å². The number of nitriles is 1. The SMILES string of the molecule is N#C/C(=C/NCCCc1ccccc1)C(=O)Nc1cccc(C(F)(F)F)c1. The second-order valence-electron chi connectivity index (χ2n) is 5.75. The second-order valence-corrected chi connectivity index (χ2v) is 5.75. The van der Waals surface area contributed by atoms with Gasteiger partial charge in [-0.2, -0.15) is 18.4 Å². The van der Waals surface area contributed by atoms with Crippen molar-refractivity contribution in [2.75, 3.05) is 11.9 Å². The molecule has 0 aliphatic rings. The van der Waals surface area contributed by atoms with Crippen LogP contribution in [-0.4, -0.2) is 12.5 Å². The van der Waals surface area contributed by atoms with Crippen LogP contribution in [0.3, 0.4) is 0 Å². The molecule has 0 aliphatic heterocycles. The predicted octanol–water partition coefficient (Wildman–Crippen LogP) is 4.27. The van der Waals surface area contributed by atoms with E-state index < -0.39 is 17.6 Å². The third-order valence-corrected chi connectivity index (χ3v) is 3.69. The van der Waals surface area contributed by atoms with Gasteiger partial charge in [-0.05, 0) is 36.6 Å². The van der Waals surface area contributed by atoms with Crippen LogP contribution < -0.4 is 10.6 Å². The molecule has 0 saturated carbocycles. The number of halogens is 3. The van der Waals surface area contributed by atoms with E-state index in [1.165, 1.54) is 23.9 Å². The average Bonchev–Trinajstić information content (AvgIpc) is 2.65. The Labute approximate surface area is 155 Å². The Kier molecular flexibility index (Phi) is 7.00. The first-order valence-electron chi connectivity index (χ1n) is 8.26. The number of carbonyl (C=O) groups is 1. The zero-order valence-corrected chi connectivity index (χ0v) is 14.4. The minimum Gasteiger partial charge on any atom is -0.390 e. The van der Waals surface area contributed by atoms with Gasteiger partial charge in [0.25, 0.3) is 5.91 Å². The minimum atomic E-state index is -4.51. The number of benzene rings is 2. The van der Waals surface area contributed by atoms with Gasteiger partial charge in [0.15, 0.2) is 0 Å². The van der Waals surface area contributed by atoms with Crippen LogP contribution in [0.5, 0.6) is 0 Å². The van der Waals surface area contributed by atoms with Crippen LogP contribution in [0.2, 0.25) is 0 Å². The standard InChI is InChI=1S/C20H18F3N3O/c21-20(22,23)17-9-4-10-18(12-17)26-19(27)16(13-24)14-25-11-5-8-15-6-2-1-3-7-15/h1-4,6-7,9-10,12,14,25H,5,8,11H2,(H,26,27)/b16-14-. The summed E-state index contributed by atoms with van der Waals surface area (Å²) in [6.07, 6.45) is -1.59. The molecule has 0 unspecified atom stereocenters. The first-order valence-corrected chi connectivity index (χ1v) is 8.26. The number of nitrogens with zero attached hydrogens (tertiary/aromatic N) is 1. The molecule has 140 valence electrons. The van der Waals surface area contributed by atoms with E-state index in [4.69, 9.17) is 5.26 Å². The van der Waals surface area contributed by atoms with E-state index in [-0.39, 0.29) is 11.3 Å². The predicted molar refractivity (Wildman–Crippen MR) is 96.5 cm³/mol. The Balaban J connectivity index is 1.88. The summed E-state index contributed by atoms with van der Waals surface area (Å²) >= 11 is 0. The topological polar surface area (TPSA) is 64.9 Å². The monoisotopic (exact) mass is 373 g/mol. The molecule has 0 aliphatic carbocycles. The van der Waals surface area contributed by atoms with Gasteiger partial charge in [0, 0.05) is 18.4 Å². The number of nitrogens with one attached hydrogen (secondary N) is 2. The third kappa shape index (κ3) is 6.51. The molecule has 2 N–H and O–H groups in total. The van der Waals surface area contributed by atoms with Gasteiger partial charge in [0.2, 0.25) is 0 Å². The lowest BCUT2D eigenvalue weighted by atomic mass is 10.1. The van der Waals surface area contributed by atoms with E-state index in [2.05, 4.69) is 10.6 Å². The largest absolute Gasteiger partial charge is 0.416 e. The summed E-state index contributed by atoms with van der Waals surface area (Å²) in [6, 6.07) is 15.9. The fraction of sp³-hybridized carbons (Fsp3) is 0.200. The molecule has 2 rings (SSSR count). The summed E-state index contributed by atoms with van der Waals surface area (Å²) in [5.74, 6) is -0.771. The summed E-state index contributed by atoms with van der Waals surface area (Å²) in [5.41, 5.74) is 0.0695. The molecule has 0 radical (unpaired) electrons. The van der Waals surface area contributed by atoms with Crippen molar-refractivity contribution >= 4 is 11.6 Å². The van der Waals surface area contributed by atoms with Crippen molar-refractivity contribution in [3.63, 3.8) is 0 Å². The van der Waals surface area contributed by atoms with E-state index in [0.29, 0.717) is 6.54 Å². The average molecular weight is 373 g/mol. The van der Waals surface area contributed by atoms with Crippen LogP contribution in [0.15, 0.2) is 66.4 Å². The number of rotatable bonds is 7. The summed E-state index contributed by atoms with van der Waals surface area (Å²) in [4.78, 5) is 12.1. The molecule has 0 heterocycles. The molecule has 4 nitrogen and oxygen atoms in total. The van der Waals surface area contributed by atoms with Crippen LogP contribution in [0, 0.1) is 11.3 Å². The lowest BCUT2D eigenvalue weighted by molar-refractivity contribution is -0.137. The van der Waals surface area contributed by atoms with Crippen molar-refractivity contribution in [2.45, 2.75) is 19.0 Å². The highest BCUT2D eigenvalue weighted by molar-refractivity contribution is 6.06. The van der Waals surface area contributed by atoms with E-state index in [1.54, 1.807) is 6.07 Å². The first-order chi connectivity index (χ1) is 12.9. The van der Waals surface area contributed by atoms with Crippen molar-refractivity contribution < 1.29 is 18.0 Å². The number of carbonyl (C=O) groups excluding carboxylic acids is 1. The lowest BCUT2D eigenvalue weighted by Crippen LogP contribution is -2.18. The van der Waals surface area contributed by atoms with Crippen molar-refractivity contribution in [2.24, 2.45) is 0 Å². The molecule has 0 bridgehead atoms. The fourth-order valence-electron chi connectivity index (χ4n) is 2.33. The number of aryl methyl sites for hydroxylation is 1. The minimum absolute atomic E-state index is 0.0277. The van der Waals surface area contributed by atoms with E-state index in [1.807, 2.05) is 30.3 Å². The zero-order valence-electron chi connectivity index (χ0n) is 14.4. The Morgan fingerprint density at radius 3 is 2.52 bits per heavy atom. The van der Waals surface area contributed by atoms with Crippen molar-refractivity contribution in [1.29, 1.82) is 5.26 Å². The maximum Gasteiger partial charge on any atom is 0.416 e. The molecule has 7 heteroatoms. The molecule has 2 aromatic carbocycles. The summed E-state index contributed by atoms with van der Waals surface area (Å²) < 4.78 is 38.1. The molecule has 2 aromatic rings. The number of hydrogen-bond donors (Lipinski definition) is 2. The van der Waals surface area contributed by atoms with Gasteiger partial charge in [0.05, 0.1) is 5.56 Å². The van der Waals surface area contributed by atoms with Crippen LogP contribution >= 0.6 is 0 Å². The van der Waals surface area contributed by atoms with Crippen LogP contribution in [0.25, 0.3) is 0 Å². The Morgan fingerprint density at radius 1 is 1.11 bits per heavy atom. The van der Waals surface area contributed by atoms with Crippen LogP contribution in [0.1, 0.15) is 17.5 Å². The molecule has 0 saturated heterocycles. The van der Waals surface area contributed by atoms with Gasteiger partial charge in [-0.3, -0.25) is 4.79 Å². The summed E-state index contributed by atoms with van der Waals surface area (Å²) in [6.45, 7) is 0.552. The number of hydrogen-bond acceptors (Lipinski definition) is 3. The number of alkyl halides is 3. The molecule has 0 fully saturated rings. The number of anilines is 1. The van der Waals surface area contributed by atoms with E-state index in [9.17, 15) is 18.0 Å². The molecular weight excluding hydrogens is 355 g/mol. The molecule has 0 atom stereocenters. The molecule has 27 heavy (non-hydrogen) atoms. The molecule has 1 amide bonds. The lowest BCUT2D eigenvalue weighted by Gasteiger charge is -2.09. The Hall–Kier alpha value is -3.27. The summed E-state index contributed by atoms with van der Waals surface area (Å²) in [5, 5.41) is 14.3. The third-order valence-electron chi connectivity index (χ3n) is 3.69. The Morgan fingerprint density at radius 2 is 1.85 bits per heavy atom. The highest BCUT2D eigenvalue weighted by Crippen LogP contribution is 2.30. The van der Waals surface area contributed by atoms with Gasteiger partial charge < -0.3 is 10.6 Å². The van der Waals surface area contributed by atoms with Gasteiger partial charge in [0.1, 0.15) is 11.6 Å². The molecule has 0 aromatic heterocycles. The second kappa shape index (κ2) is 9.43. The maximum atomic E-state index is 12.7. The van der Waals surface area contributed by atoms with E-state index >= 15 is 0 Å². The van der Waals surface area contributed by atoms with Crippen molar-refractivity contribution in [1.82, 2.24) is 5.32 Å². The Bertz CT molecular complexity index is 840. The fourth-order valence-corrected chi connectivity index (χ4v) is 2.33. The van der Waals surface area contributed by atoms with Gasteiger partial charge in [-0.15, -0.1) is 0 Å². The van der Waals surface area contributed by atoms with Crippen molar-refractivity contribution in [3.05, 3.63) is 77.5 Å². The van der Waals surface area contributed by atoms with E-state index in [0.717, 1.165) is 25.0 Å². The van der Waals surface area contributed by atoms with Crippen molar-refractivity contribution in [3.8, 4) is 6.07 Å². The summed E-state index contributed by atoms with van der Waals surface area (Å²) in [7, 11) is 0. The molecule has 0 spiro atoms. The van der Waals surface area contributed by atoms with Crippen LogP contribution in [0.4, 0.5) is 18.9 Å². The highest BCUT2D eigenvalue weighted by atomic mass is 19.4. The first kappa shape index (κ1) is 20.0. The highest BCUT2D eigenvalue weighted by Gasteiger charge is 2.30. The van der Waals surface area contributed by atoms with Gasteiger partial charge >= 0.3 is 6.18 Å². The molecular formula is C20H18F3N3O. The number of amides is 1. The zero-order chi connectivity index (χ0) is 19.7. The van der Waals surface area contributed by atoms with Gasteiger partial charge in [-0.25, -0.2) is 0 Å². The van der Waals surface area contributed by atoms with Gasteiger partial charge in [-0.1, -0.05) is 36.4 Å². The smallest absolute Gasteiger partial charge is 0.390 e.